The van der Waals surface area contributed by atoms with Gasteiger partial charge >= 0.3 is 6.09 Å². The maximum atomic E-state index is 13.1. The fraction of sp³-hybridized carbons (Fsp3) is 0.500. The SMILES string of the molecule is CC(C)(C)OC(=O)N[C@H]1CCN(C(=O)c2ccc(F)cc2Br)C1. The van der Waals surface area contributed by atoms with E-state index in [0.29, 0.717) is 29.5 Å². The number of ether oxygens (including phenoxy) is 1. The van der Waals surface area contributed by atoms with E-state index >= 15 is 0 Å². The molecule has 1 saturated heterocycles. The fourth-order valence-corrected chi connectivity index (χ4v) is 2.89. The number of likely N-dealkylation sites (tertiary alicyclic amines) is 1. The van der Waals surface area contributed by atoms with Crippen molar-refractivity contribution in [2.75, 3.05) is 13.1 Å². The number of amides is 2. The predicted molar refractivity (Wildman–Crippen MR) is 87.8 cm³/mol. The van der Waals surface area contributed by atoms with Crippen LogP contribution in [0.3, 0.4) is 0 Å². The van der Waals surface area contributed by atoms with E-state index < -0.39 is 17.5 Å². The molecule has 0 aliphatic carbocycles. The number of carbonyl (C=O) groups is 2. The Morgan fingerprint density at radius 3 is 2.70 bits per heavy atom. The third-order valence-corrected chi connectivity index (χ3v) is 4.01. The summed E-state index contributed by atoms with van der Waals surface area (Å²) in [5.74, 6) is -0.593. The first-order valence-corrected chi connectivity index (χ1v) is 8.19. The number of halogens is 2. The smallest absolute Gasteiger partial charge is 0.407 e. The van der Waals surface area contributed by atoms with E-state index in [1.54, 1.807) is 25.7 Å². The Balaban J connectivity index is 1.94. The summed E-state index contributed by atoms with van der Waals surface area (Å²) in [5.41, 5.74) is -0.152. The molecule has 2 rings (SSSR count). The molecule has 1 aliphatic rings. The van der Waals surface area contributed by atoms with E-state index in [0.717, 1.165) is 0 Å². The summed E-state index contributed by atoms with van der Waals surface area (Å²) >= 11 is 3.21. The highest BCUT2D eigenvalue weighted by Crippen LogP contribution is 2.22. The zero-order chi connectivity index (χ0) is 17.2. The highest BCUT2D eigenvalue weighted by Gasteiger charge is 2.30. The van der Waals surface area contributed by atoms with E-state index in [9.17, 15) is 14.0 Å². The highest BCUT2D eigenvalue weighted by molar-refractivity contribution is 9.10. The van der Waals surface area contributed by atoms with Gasteiger partial charge in [0.25, 0.3) is 5.91 Å². The van der Waals surface area contributed by atoms with Gasteiger partial charge < -0.3 is 15.0 Å². The lowest BCUT2D eigenvalue weighted by Gasteiger charge is -2.22. The molecule has 7 heteroatoms. The number of nitrogens with one attached hydrogen (secondary N) is 1. The highest BCUT2D eigenvalue weighted by atomic mass is 79.9. The van der Waals surface area contributed by atoms with Gasteiger partial charge in [-0.3, -0.25) is 4.79 Å². The van der Waals surface area contributed by atoms with Crippen molar-refractivity contribution in [3.63, 3.8) is 0 Å². The van der Waals surface area contributed by atoms with E-state index in [-0.39, 0.29) is 11.9 Å². The van der Waals surface area contributed by atoms with Crippen LogP contribution in [0.4, 0.5) is 9.18 Å². The number of nitrogens with zero attached hydrogens (tertiary/aromatic N) is 1. The lowest BCUT2D eigenvalue weighted by molar-refractivity contribution is 0.0502. The molecule has 1 fully saturated rings. The van der Waals surface area contributed by atoms with Gasteiger partial charge in [0.2, 0.25) is 0 Å². The minimum absolute atomic E-state index is 0.145. The van der Waals surface area contributed by atoms with Crippen molar-refractivity contribution in [1.82, 2.24) is 10.2 Å². The van der Waals surface area contributed by atoms with Gasteiger partial charge in [-0.1, -0.05) is 0 Å². The number of benzene rings is 1. The maximum Gasteiger partial charge on any atom is 0.407 e. The van der Waals surface area contributed by atoms with Crippen molar-refractivity contribution >= 4 is 27.9 Å². The second-order valence-electron chi connectivity index (χ2n) is 6.51. The monoisotopic (exact) mass is 386 g/mol. The van der Waals surface area contributed by atoms with Crippen LogP contribution in [0.1, 0.15) is 37.6 Å². The van der Waals surface area contributed by atoms with Crippen molar-refractivity contribution in [1.29, 1.82) is 0 Å². The molecule has 0 unspecified atom stereocenters. The van der Waals surface area contributed by atoms with E-state index in [1.807, 2.05) is 0 Å². The van der Waals surface area contributed by atoms with E-state index in [2.05, 4.69) is 21.2 Å². The molecular formula is C16H20BrFN2O3. The van der Waals surface area contributed by atoms with Crippen LogP contribution in [-0.2, 0) is 4.74 Å². The Hall–Kier alpha value is -1.63. The molecule has 1 atom stereocenters. The number of hydrogen-bond acceptors (Lipinski definition) is 3. The molecule has 1 aromatic rings. The summed E-state index contributed by atoms with van der Waals surface area (Å²) in [6.45, 7) is 6.32. The first-order valence-electron chi connectivity index (χ1n) is 7.39. The van der Waals surface area contributed by atoms with Crippen LogP contribution in [0, 0.1) is 5.82 Å². The van der Waals surface area contributed by atoms with Crippen molar-refractivity contribution in [3.05, 3.63) is 34.1 Å². The summed E-state index contributed by atoms with van der Waals surface area (Å²) in [6, 6.07) is 3.83. The van der Waals surface area contributed by atoms with E-state index in [1.165, 1.54) is 18.2 Å². The van der Waals surface area contributed by atoms with Crippen LogP contribution in [0.5, 0.6) is 0 Å². The topological polar surface area (TPSA) is 58.6 Å². The molecule has 1 aromatic carbocycles. The van der Waals surface area contributed by atoms with Crippen LogP contribution in [0.25, 0.3) is 0 Å². The van der Waals surface area contributed by atoms with Gasteiger partial charge in [-0.05, 0) is 61.3 Å². The Labute approximate surface area is 143 Å². The predicted octanol–water partition coefficient (Wildman–Crippen LogP) is 3.33. The average molecular weight is 387 g/mol. The minimum atomic E-state index is -0.558. The molecule has 23 heavy (non-hydrogen) atoms. The van der Waals surface area contributed by atoms with Crippen LogP contribution in [0.2, 0.25) is 0 Å². The molecule has 0 spiro atoms. The zero-order valence-corrected chi connectivity index (χ0v) is 14.9. The van der Waals surface area contributed by atoms with Gasteiger partial charge in [-0.2, -0.15) is 0 Å². The first kappa shape index (κ1) is 17.7. The second-order valence-corrected chi connectivity index (χ2v) is 7.36. The van der Waals surface area contributed by atoms with Gasteiger partial charge in [0.05, 0.1) is 11.6 Å². The molecule has 0 bridgehead atoms. The standard InChI is InChI=1S/C16H20BrFN2O3/c1-16(2,3)23-15(22)19-11-6-7-20(9-11)14(21)12-5-4-10(18)8-13(12)17/h4-5,8,11H,6-7,9H2,1-3H3,(H,19,22)/t11-/m0/s1. The quantitative estimate of drug-likeness (QED) is 0.847. The molecule has 126 valence electrons. The van der Waals surface area contributed by atoms with Crippen molar-refractivity contribution in [2.45, 2.75) is 38.8 Å². The lowest BCUT2D eigenvalue weighted by Crippen LogP contribution is -2.41. The average Bonchev–Trinajstić information content (AvgIpc) is 2.84. The van der Waals surface area contributed by atoms with Crippen LogP contribution in [-0.4, -0.2) is 41.6 Å². The van der Waals surface area contributed by atoms with Crippen molar-refractivity contribution in [2.24, 2.45) is 0 Å². The molecule has 2 amide bonds. The Kier molecular flexibility index (Phi) is 5.29. The molecule has 0 aromatic heterocycles. The number of alkyl carbamates (subject to hydrolysis) is 1. The van der Waals surface area contributed by atoms with Crippen molar-refractivity contribution in [3.8, 4) is 0 Å². The Morgan fingerprint density at radius 1 is 1.39 bits per heavy atom. The minimum Gasteiger partial charge on any atom is -0.444 e. The van der Waals surface area contributed by atoms with Crippen LogP contribution >= 0.6 is 15.9 Å². The Bertz CT molecular complexity index is 616. The molecule has 1 N–H and O–H groups in total. The van der Waals surface area contributed by atoms with E-state index in [4.69, 9.17) is 4.74 Å². The number of rotatable bonds is 2. The largest absolute Gasteiger partial charge is 0.444 e. The van der Waals surface area contributed by atoms with Gasteiger partial charge in [0.15, 0.2) is 0 Å². The second kappa shape index (κ2) is 6.86. The van der Waals surface area contributed by atoms with Gasteiger partial charge in [-0.15, -0.1) is 0 Å². The molecule has 5 nitrogen and oxygen atoms in total. The van der Waals surface area contributed by atoms with Gasteiger partial charge in [0.1, 0.15) is 11.4 Å². The normalized spacial score (nSPS) is 18.0. The first-order chi connectivity index (χ1) is 10.7. The summed E-state index contributed by atoms with van der Waals surface area (Å²) < 4.78 is 18.7. The molecule has 1 heterocycles. The summed E-state index contributed by atoms with van der Waals surface area (Å²) in [6.07, 6.45) is 0.170. The van der Waals surface area contributed by atoms with Crippen molar-refractivity contribution < 1.29 is 18.7 Å². The Morgan fingerprint density at radius 2 is 2.09 bits per heavy atom. The third kappa shape index (κ3) is 4.92. The molecule has 0 saturated carbocycles. The zero-order valence-electron chi connectivity index (χ0n) is 13.4. The molecule has 0 radical (unpaired) electrons. The van der Waals surface area contributed by atoms with Crippen LogP contribution in [0.15, 0.2) is 22.7 Å². The lowest BCUT2D eigenvalue weighted by atomic mass is 10.2. The maximum absolute atomic E-state index is 13.1. The summed E-state index contributed by atoms with van der Waals surface area (Å²) in [4.78, 5) is 25.9. The van der Waals surface area contributed by atoms with Gasteiger partial charge in [-0.25, -0.2) is 9.18 Å². The molecule has 1 aliphatic heterocycles. The third-order valence-electron chi connectivity index (χ3n) is 3.36. The number of carbonyl (C=O) groups excluding carboxylic acids is 2. The molecular weight excluding hydrogens is 367 g/mol. The fourth-order valence-electron chi connectivity index (χ4n) is 2.37. The number of hydrogen-bond donors (Lipinski definition) is 1. The van der Waals surface area contributed by atoms with Crippen LogP contribution < -0.4 is 5.32 Å². The summed E-state index contributed by atoms with van der Waals surface area (Å²) in [7, 11) is 0. The van der Waals surface area contributed by atoms with Gasteiger partial charge in [0, 0.05) is 17.6 Å². The summed E-state index contributed by atoms with van der Waals surface area (Å²) in [5, 5.41) is 2.77.